The molecule has 4 heteroatoms. The van der Waals surface area contributed by atoms with E-state index in [0.29, 0.717) is 5.56 Å². The van der Waals surface area contributed by atoms with Crippen molar-refractivity contribution in [2.24, 2.45) is 0 Å². The third kappa shape index (κ3) is 3.71. The average molecular weight is 490 g/mol. The van der Waals surface area contributed by atoms with E-state index in [9.17, 15) is 5.11 Å². The predicted molar refractivity (Wildman–Crippen MR) is 154 cm³/mol. The van der Waals surface area contributed by atoms with Crippen LogP contribution in [-0.4, -0.2) is 19.6 Å². The van der Waals surface area contributed by atoms with Crippen LogP contribution >= 0.6 is 0 Å². The van der Waals surface area contributed by atoms with E-state index in [0.717, 1.165) is 50.3 Å². The fraction of sp³-hybridized carbons (Fsp3) is 0. The molecule has 0 aliphatic carbocycles. The van der Waals surface area contributed by atoms with Crippen molar-refractivity contribution in [3.05, 3.63) is 134 Å². The molecule has 1 N–H and O–H groups in total. The molecule has 0 fully saturated rings. The van der Waals surface area contributed by atoms with Gasteiger partial charge in [0.25, 0.3) is 0 Å². The maximum atomic E-state index is 10.4. The standard InChI is InChI=1S/C34H23N3O/c38-33-18-7-5-13-29(33)31-16-8-15-30(36-31)25-20-24(23-10-2-1-3-11-23)21-26(22-25)37-32-17-6-4-12-27(32)28-14-9-19-35-34(28)37/h1-22,38H. The number of aromatic hydroxyl groups is 1. The summed E-state index contributed by atoms with van der Waals surface area (Å²) in [5.74, 6) is 0.215. The third-order valence-electron chi connectivity index (χ3n) is 6.94. The van der Waals surface area contributed by atoms with Crippen LogP contribution in [0.3, 0.4) is 0 Å². The Hall–Kier alpha value is -5.22. The molecule has 180 valence electrons. The van der Waals surface area contributed by atoms with Gasteiger partial charge in [-0.1, -0.05) is 66.7 Å². The molecular formula is C34H23N3O. The molecule has 0 spiro atoms. The minimum Gasteiger partial charge on any atom is -0.507 e. The first-order valence-corrected chi connectivity index (χ1v) is 12.6. The number of rotatable bonds is 4. The van der Waals surface area contributed by atoms with Gasteiger partial charge in [0.1, 0.15) is 11.4 Å². The lowest BCUT2D eigenvalue weighted by Gasteiger charge is -2.14. The van der Waals surface area contributed by atoms with Gasteiger partial charge in [-0.2, -0.15) is 0 Å². The second kappa shape index (κ2) is 9.02. The molecule has 4 aromatic carbocycles. The Balaban J connectivity index is 1.49. The Morgan fingerprint density at radius 3 is 2.18 bits per heavy atom. The molecule has 0 aliphatic rings. The smallest absolute Gasteiger partial charge is 0.145 e. The Kier molecular flexibility index (Phi) is 5.22. The Morgan fingerprint density at radius 1 is 0.553 bits per heavy atom. The van der Waals surface area contributed by atoms with Crippen LogP contribution in [0.15, 0.2) is 134 Å². The second-order valence-electron chi connectivity index (χ2n) is 9.29. The van der Waals surface area contributed by atoms with Crippen molar-refractivity contribution in [2.45, 2.75) is 0 Å². The van der Waals surface area contributed by atoms with E-state index >= 15 is 0 Å². The van der Waals surface area contributed by atoms with Gasteiger partial charge >= 0.3 is 0 Å². The molecule has 4 nitrogen and oxygen atoms in total. The van der Waals surface area contributed by atoms with Gasteiger partial charge in [0.15, 0.2) is 0 Å². The number of aromatic nitrogens is 3. The Bertz CT molecular complexity index is 1890. The zero-order valence-corrected chi connectivity index (χ0v) is 20.5. The summed E-state index contributed by atoms with van der Waals surface area (Å²) in [5, 5.41) is 12.7. The average Bonchev–Trinajstić information content (AvgIpc) is 3.32. The number of benzene rings is 4. The van der Waals surface area contributed by atoms with Gasteiger partial charge in [-0.3, -0.25) is 4.57 Å². The minimum absolute atomic E-state index is 0.215. The number of phenolic OH excluding ortho intramolecular Hbond substituents is 1. The van der Waals surface area contributed by atoms with Crippen LogP contribution in [0, 0.1) is 0 Å². The SMILES string of the molecule is Oc1ccccc1-c1cccc(-c2cc(-c3ccccc3)cc(-n3c4ccccc4c4cccnc43)c2)n1. The predicted octanol–water partition coefficient (Wildman–Crippen LogP) is 8.28. The normalized spacial score (nSPS) is 11.3. The lowest BCUT2D eigenvalue weighted by molar-refractivity contribution is 0.477. The van der Waals surface area contributed by atoms with Crippen molar-refractivity contribution in [2.75, 3.05) is 0 Å². The summed E-state index contributed by atoms with van der Waals surface area (Å²) in [7, 11) is 0. The first-order valence-electron chi connectivity index (χ1n) is 12.6. The highest BCUT2D eigenvalue weighted by Crippen LogP contribution is 2.36. The largest absolute Gasteiger partial charge is 0.507 e. The number of pyridine rings is 2. The number of hydrogen-bond donors (Lipinski definition) is 1. The third-order valence-corrected chi connectivity index (χ3v) is 6.94. The summed E-state index contributed by atoms with van der Waals surface area (Å²) < 4.78 is 2.23. The van der Waals surface area contributed by atoms with E-state index < -0.39 is 0 Å². The van der Waals surface area contributed by atoms with Crippen molar-refractivity contribution in [1.29, 1.82) is 0 Å². The molecule has 0 saturated carbocycles. The summed E-state index contributed by atoms with van der Waals surface area (Å²) in [6.45, 7) is 0. The molecule has 7 rings (SSSR count). The monoisotopic (exact) mass is 489 g/mol. The molecule has 0 aliphatic heterocycles. The molecule has 0 radical (unpaired) electrons. The van der Waals surface area contributed by atoms with Crippen LogP contribution in [0.2, 0.25) is 0 Å². The van der Waals surface area contributed by atoms with E-state index in [4.69, 9.17) is 9.97 Å². The van der Waals surface area contributed by atoms with Crippen molar-refractivity contribution < 1.29 is 5.11 Å². The Morgan fingerprint density at radius 2 is 1.29 bits per heavy atom. The molecular weight excluding hydrogens is 466 g/mol. The van der Waals surface area contributed by atoms with Crippen LogP contribution < -0.4 is 0 Å². The summed E-state index contributed by atoms with van der Waals surface area (Å²) in [6, 6.07) is 42.7. The number of hydrogen-bond acceptors (Lipinski definition) is 3. The van der Waals surface area contributed by atoms with Crippen LogP contribution in [0.25, 0.3) is 61.3 Å². The molecule has 3 aromatic heterocycles. The molecule has 0 amide bonds. The van der Waals surface area contributed by atoms with E-state index in [2.05, 4.69) is 77.4 Å². The molecule has 0 atom stereocenters. The van der Waals surface area contributed by atoms with Crippen molar-refractivity contribution in [3.63, 3.8) is 0 Å². The summed E-state index contributed by atoms with van der Waals surface area (Å²) in [5.41, 5.74) is 8.51. The molecule has 7 aromatic rings. The number of para-hydroxylation sites is 2. The van der Waals surface area contributed by atoms with Crippen molar-refractivity contribution in [1.82, 2.24) is 14.5 Å². The van der Waals surface area contributed by atoms with Gasteiger partial charge in [0.05, 0.1) is 16.9 Å². The van der Waals surface area contributed by atoms with Crippen molar-refractivity contribution >= 4 is 21.9 Å². The summed E-state index contributed by atoms with van der Waals surface area (Å²) in [6.07, 6.45) is 1.84. The van der Waals surface area contributed by atoms with Gasteiger partial charge in [0, 0.05) is 33.8 Å². The zero-order chi connectivity index (χ0) is 25.5. The van der Waals surface area contributed by atoms with Crippen LogP contribution in [0.4, 0.5) is 0 Å². The molecule has 38 heavy (non-hydrogen) atoms. The molecule has 0 saturated heterocycles. The van der Waals surface area contributed by atoms with Gasteiger partial charge < -0.3 is 5.11 Å². The maximum Gasteiger partial charge on any atom is 0.145 e. The highest BCUT2D eigenvalue weighted by molar-refractivity contribution is 6.07. The quantitative estimate of drug-likeness (QED) is 0.271. The summed E-state index contributed by atoms with van der Waals surface area (Å²) >= 11 is 0. The number of nitrogens with zero attached hydrogens (tertiary/aromatic N) is 3. The lowest BCUT2D eigenvalue weighted by Crippen LogP contribution is -1.98. The zero-order valence-electron chi connectivity index (χ0n) is 20.5. The lowest BCUT2D eigenvalue weighted by atomic mass is 9.99. The van der Waals surface area contributed by atoms with E-state index in [1.54, 1.807) is 6.07 Å². The van der Waals surface area contributed by atoms with Gasteiger partial charge in [-0.25, -0.2) is 9.97 Å². The van der Waals surface area contributed by atoms with Crippen molar-refractivity contribution in [3.8, 4) is 45.1 Å². The number of phenols is 1. The minimum atomic E-state index is 0.215. The van der Waals surface area contributed by atoms with E-state index in [-0.39, 0.29) is 5.75 Å². The van der Waals surface area contributed by atoms with Gasteiger partial charge in [-0.05, 0) is 71.8 Å². The van der Waals surface area contributed by atoms with Crippen LogP contribution in [0.1, 0.15) is 0 Å². The highest BCUT2D eigenvalue weighted by atomic mass is 16.3. The number of fused-ring (bicyclic) bond motifs is 3. The van der Waals surface area contributed by atoms with E-state index in [1.165, 1.54) is 5.39 Å². The second-order valence-corrected chi connectivity index (χ2v) is 9.29. The van der Waals surface area contributed by atoms with Gasteiger partial charge in [-0.15, -0.1) is 0 Å². The first kappa shape index (κ1) is 22.0. The van der Waals surface area contributed by atoms with E-state index in [1.807, 2.05) is 54.7 Å². The van der Waals surface area contributed by atoms with Gasteiger partial charge in [0.2, 0.25) is 0 Å². The molecule has 0 bridgehead atoms. The maximum absolute atomic E-state index is 10.4. The summed E-state index contributed by atoms with van der Waals surface area (Å²) in [4.78, 5) is 9.75. The van der Waals surface area contributed by atoms with Crippen LogP contribution in [0.5, 0.6) is 5.75 Å². The fourth-order valence-electron chi connectivity index (χ4n) is 5.18. The molecule has 3 heterocycles. The molecule has 0 unspecified atom stereocenters. The Labute approximate surface area is 220 Å². The first-order chi connectivity index (χ1) is 18.8. The highest BCUT2D eigenvalue weighted by Gasteiger charge is 2.16. The van der Waals surface area contributed by atoms with Crippen LogP contribution in [-0.2, 0) is 0 Å². The fourth-order valence-corrected chi connectivity index (χ4v) is 5.18. The topological polar surface area (TPSA) is 50.9 Å².